The van der Waals surface area contributed by atoms with E-state index in [1.165, 1.54) is 5.56 Å². The molecule has 0 aliphatic carbocycles. The highest BCUT2D eigenvalue weighted by molar-refractivity contribution is 9.10. The number of hydrogen-bond acceptors (Lipinski definition) is 2. The number of rotatable bonds is 6. The number of halogens is 1. The summed E-state index contributed by atoms with van der Waals surface area (Å²) in [6.45, 7) is 5.08. The highest BCUT2D eigenvalue weighted by Gasteiger charge is 2.11. The second kappa shape index (κ2) is 7.05. The summed E-state index contributed by atoms with van der Waals surface area (Å²) in [7, 11) is 1.73. The Kier molecular flexibility index (Phi) is 6.03. The van der Waals surface area contributed by atoms with Gasteiger partial charge in [-0.3, -0.25) is 0 Å². The van der Waals surface area contributed by atoms with Crippen LogP contribution in [0.3, 0.4) is 0 Å². The number of benzene rings is 1. The Hall–Kier alpha value is -0.380. The van der Waals surface area contributed by atoms with Crippen LogP contribution < -0.4 is 5.32 Å². The molecule has 2 unspecified atom stereocenters. The lowest BCUT2D eigenvalue weighted by atomic mass is 10.0. The van der Waals surface area contributed by atoms with Gasteiger partial charge >= 0.3 is 0 Å². The molecule has 1 N–H and O–H groups in total. The molecule has 0 heterocycles. The monoisotopic (exact) mass is 285 g/mol. The third kappa shape index (κ3) is 4.24. The molecule has 1 aromatic rings. The van der Waals surface area contributed by atoms with Gasteiger partial charge in [-0.25, -0.2) is 0 Å². The molecule has 1 aromatic carbocycles. The summed E-state index contributed by atoms with van der Waals surface area (Å²) < 4.78 is 6.26. The molecule has 2 nitrogen and oxygen atoms in total. The van der Waals surface area contributed by atoms with Crippen molar-refractivity contribution in [3.05, 3.63) is 34.3 Å². The van der Waals surface area contributed by atoms with Crippen LogP contribution in [-0.2, 0) is 4.74 Å². The van der Waals surface area contributed by atoms with Gasteiger partial charge in [0.05, 0.1) is 6.61 Å². The second-order valence-electron chi connectivity index (χ2n) is 4.04. The van der Waals surface area contributed by atoms with E-state index in [1.54, 1.807) is 7.11 Å². The summed E-state index contributed by atoms with van der Waals surface area (Å²) >= 11 is 3.45. The summed E-state index contributed by atoms with van der Waals surface area (Å²) in [5.74, 6) is 0. The standard InChI is InChI=1S/C13H20BrNO/c1-4-13(15-10(2)9-16-3)11-5-7-12(14)8-6-11/h5-8,10,13,15H,4,9H2,1-3H3. The SMILES string of the molecule is CCC(NC(C)COC)c1ccc(Br)cc1. The molecule has 2 atom stereocenters. The third-order valence-electron chi connectivity index (χ3n) is 2.58. The van der Waals surface area contributed by atoms with Gasteiger partial charge in [0.15, 0.2) is 0 Å². The zero-order valence-electron chi connectivity index (χ0n) is 10.2. The lowest BCUT2D eigenvalue weighted by molar-refractivity contribution is 0.166. The quantitative estimate of drug-likeness (QED) is 0.864. The Labute approximate surface area is 107 Å². The predicted molar refractivity (Wildman–Crippen MR) is 71.6 cm³/mol. The van der Waals surface area contributed by atoms with Gasteiger partial charge in [0.25, 0.3) is 0 Å². The van der Waals surface area contributed by atoms with E-state index in [4.69, 9.17) is 4.74 Å². The lowest BCUT2D eigenvalue weighted by Gasteiger charge is -2.22. The summed E-state index contributed by atoms with van der Waals surface area (Å²) in [5, 5.41) is 3.56. The van der Waals surface area contributed by atoms with Gasteiger partial charge in [-0.05, 0) is 31.0 Å². The molecular formula is C13H20BrNO. The molecule has 90 valence electrons. The number of hydrogen-bond donors (Lipinski definition) is 1. The van der Waals surface area contributed by atoms with Gasteiger partial charge in [-0.15, -0.1) is 0 Å². The van der Waals surface area contributed by atoms with Crippen LogP contribution in [0.4, 0.5) is 0 Å². The molecule has 16 heavy (non-hydrogen) atoms. The summed E-state index contributed by atoms with van der Waals surface area (Å²) in [5.41, 5.74) is 1.33. The molecule has 0 bridgehead atoms. The fourth-order valence-electron chi connectivity index (χ4n) is 1.79. The number of methoxy groups -OCH3 is 1. The van der Waals surface area contributed by atoms with E-state index in [0.29, 0.717) is 12.1 Å². The summed E-state index contributed by atoms with van der Waals surface area (Å²) in [4.78, 5) is 0. The zero-order chi connectivity index (χ0) is 12.0. The first-order chi connectivity index (χ1) is 7.67. The third-order valence-corrected chi connectivity index (χ3v) is 3.11. The first-order valence-electron chi connectivity index (χ1n) is 5.67. The van der Waals surface area contributed by atoms with Crippen molar-refractivity contribution in [2.24, 2.45) is 0 Å². The number of ether oxygens (including phenoxy) is 1. The maximum absolute atomic E-state index is 5.13. The minimum atomic E-state index is 0.374. The first kappa shape index (κ1) is 13.7. The molecule has 0 spiro atoms. The van der Waals surface area contributed by atoms with Crippen molar-refractivity contribution in [3.63, 3.8) is 0 Å². The lowest BCUT2D eigenvalue weighted by Crippen LogP contribution is -2.33. The normalized spacial score (nSPS) is 14.8. The maximum Gasteiger partial charge on any atom is 0.0613 e. The van der Waals surface area contributed by atoms with Crippen LogP contribution in [0.15, 0.2) is 28.7 Å². The molecular weight excluding hydrogens is 266 g/mol. The smallest absolute Gasteiger partial charge is 0.0613 e. The zero-order valence-corrected chi connectivity index (χ0v) is 11.8. The molecule has 3 heteroatoms. The van der Waals surface area contributed by atoms with E-state index < -0.39 is 0 Å². The number of nitrogens with one attached hydrogen (secondary N) is 1. The van der Waals surface area contributed by atoms with Gasteiger partial charge in [0.2, 0.25) is 0 Å². The summed E-state index contributed by atoms with van der Waals surface area (Å²) in [6.07, 6.45) is 1.08. The van der Waals surface area contributed by atoms with E-state index in [2.05, 4.69) is 59.4 Å². The Bertz CT molecular complexity index is 299. The van der Waals surface area contributed by atoms with Crippen LogP contribution in [0.2, 0.25) is 0 Å². The van der Waals surface area contributed by atoms with E-state index in [9.17, 15) is 0 Å². The van der Waals surface area contributed by atoms with Crippen molar-refractivity contribution in [2.45, 2.75) is 32.4 Å². The van der Waals surface area contributed by atoms with E-state index >= 15 is 0 Å². The molecule has 0 amide bonds. The van der Waals surface area contributed by atoms with Crippen LogP contribution in [0.1, 0.15) is 31.9 Å². The van der Waals surface area contributed by atoms with Crippen molar-refractivity contribution >= 4 is 15.9 Å². The Morgan fingerprint density at radius 3 is 2.44 bits per heavy atom. The molecule has 0 radical (unpaired) electrons. The Morgan fingerprint density at radius 1 is 1.31 bits per heavy atom. The van der Waals surface area contributed by atoms with Crippen LogP contribution in [0.25, 0.3) is 0 Å². The van der Waals surface area contributed by atoms with Gasteiger partial charge in [-0.2, -0.15) is 0 Å². The van der Waals surface area contributed by atoms with E-state index in [-0.39, 0.29) is 0 Å². The van der Waals surface area contributed by atoms with E-state index in [0.717, 1.165) is 17.5 Å². The van der Waals surface area contributed by atoms with Crippen LogP contribution in [0.5, 0.6) is 0 Å². The van der Waals surface area contributed by atoms with Crippen LogP contribution >= 0.6 is 15.9 Å². The highest BCUT2D eigenvalue weighted by atomic mass is 79.9. The molecule has 0 aliphatic heterocycles. The molecule has 0 saturated heterocycles. The highest BCUT2D eigenvalue weighted by Crippen LogP contribution is 2.19. The summed E-state index contributed by atoms with van der Waals surface area (Å²) in [6, 6.07) is 9.26. The van der Waals surface area contributed by atoms with E-state index in [1.807, 2.05) is 0 Å². The van der Waals surface area contributed by atoms with Crippen LogP contribution in [0, 0.1) is 0 Å². The van der Waals surface area contributed by atoms with Crippen LogP contribution in [-0.4, -0.2) is 19.8 Å². The fraction of sp³-hybridized carbons (Fsp3) is 0.538. The van der Waals surface area contributed by atoms with Crippen molar-refractivity contribution in [3.8, 4) is 0 Å². The molecule has 0 saturated carbocycles. The van der Waals surface area contributed by atoms with Gasteiger partial charge in [0, 0.05) is 23.7 Å². The first-order valence-corrected chi connectivity index (χ1v) is 6.47. The van der Waals surface area contributed by atoms with Gasteiger partial charge in [0.1, 0.15) is 0 Å². The topological polar surface area (TPSA) is 21.3 Å². The second-order valence-corrected chi connectivity index (χ2v) is 4.95. The average Bonchev–Trinajstić information content (AvgIpc) is 2.27. The van der Waals surface area contributed by atoms with Gasteiger partial charge in [-0.1, -0.05) is 35.0 Å². The molecule has 0 aliphatic rings. The molecule has 0 fully saturated rings. The minimum absolute atomic E-state index is 0.374. The Morgan fingerprint density at radius 2 is 1.94 bits per heavy atom. The van der Waals surface area contributed by atoms with Crippen molar-refractivity contribution in [1.82, 2.24) is 5.32 Å². The van der Waals surface area contributed by atoms with Crippen molar-refractivity contribution in [1.29, 1.82) is 0 Å². The Balaban J connectivity index is 2.63. The average molecular weight is 286 g/mol. The largest absolute Gasteiger partial charge is 0.383 e. The predicted octanol–water partition coefficient (Wildman–Crippen LogP) is 3.52. The molecule has 0 aromatic heterocycles. The minimum Gasteiger partial charge on any atom is -0.383 e. The molecule has 1 rings (SSSR count). The van der Waals surface area contributed by atoms with Crippen molar-refractivity contribution in [2.75, 3.05) is 13.7 Å². The fourth-order valence-corrected chi connectivity index (χ4v) is 2.05. The van der Waals surface area contributed by atoms with Crippen molar-refractivity contribution < 1.29 is 4.74 Å². The maximum atomic E-state index is 5.13. The van der Waals surface area contributed by atoms with Gasteiger partial charge < -0.3 is 10.1 Å².